The first-order valence-corrected chi connectivity index (χ1v) is 3.70. The van der Waals surface area contributed by atoms with E-state index in [0.717, 1.165) is 0 Å². The average Bonchev–Trinajstić information content (AvgIpc) is 2.30. The monoisotopic (exact) mass is 196 g/mol. The van der Waals surface area contributed by atoms with Gasteiger partial charge in [-0.2, -0.15) is 8.78 Å². The molecule has 1 aromatic heterocycles. The van der Waals surface area contributed by atoms with Gasteiger partial charge >= 0.3 is 5.92 Å². The predicted octanol–water partition coefficient (Wildman–Crippen LogP) is 2.48. The van der Waals surface area contributed by atoms with Crippen LogP contribution >= 0.6 is 11.6 Å². The standard InChI is InChI=1S/C6H7ClF2N2O/c1-3(7)4-10-11-5(12-4)6(2,8)9/h3H,1-2H3. The topological polar surface area (TPSA) is 38.9 Å². The molecule has 0 saturated heterocycles. The van der Waals surface area contributed by atoms with Crippen LogP contribution in [0, 0.1) is 0 Å². The molecule has 12 heavy (non-hydrogen) atoms. The van der Waals surface area contributed by atoms with Crippen molar-refractivity contribution >= 4 is 11.6 Å². The Balaban J connectivity index is 2.92. The lowest BCUT2D eigenvalue weighted by atomic mass is 10.4. The molecule has 0 N–H and O–H groups in total. The number of nitrogens with zero attached hydrogens (tertiary/aromatic N) is 2. The summed E-state index contributed by atoms with van der Waals surface area (Å²) in [7, 11) is 0. The van der Waals surface area contributed by atoms with Gasteiger partial charge in [0.2, 0.25) is 5.89 Å². The summed E-state index contributed by atoms with van der Waals surface area (Å²) in [6.45, 7) is 2.25. The van der Waals surface area contributed by atoms with E-state index in [0.29, 0.717) is 6.92 Å². The molecule has 0 amide bonds. The highest BCUT2D eigenvalue weighted by Gasteiger charge is 2.32. The molecular formula is C6H7ClF2N2O. The Morgan fingerprint density at radius 1 is 1.50 bits per heavy atom. The van der Waals surface area contributed by atoms with Gasteiger partial charge in [0.15, 0.2) is 0 Å². The molecule has 0 radical (unpaired) electrons. The number of aromatic nitrogens is 2. The summed E-state index contributed by atoms with van der Waals surface area (Å²) >= 11 is 5.53. The molecule has 1 rings (SSSR count). The first kappa shape index (κ1) is 9.38. The highest BCUT2D eigenvalue weighted by molar-refractivity contribution is 6.20. The summed E-state index contributed by atoms with van der Waals surface area (Å²) in [5, 5.41) is 5.96. The van der Waals surface area contributed by atoms with Crippen molar-refractivity contribution in [3.8, 4) is 0 Å². The molecule has 0 bridgehead atoms. The van der Waals surface area contributed by atoms with Gasteiger partial charge in [-0.1, -0.05) is 0 Å². The second-order valence-corrected chi connectivity index (χ2v) is 3.10. The maximum Gasteiger partial charge on any atom is 0.321 e. The Hall–Kier alpha value is -0.710. The summed E-state index contributed by atoms with van der Waals surface area (Å²) in [6, 6.07) is 0. The van der Waals surface area contributed by atoms with Gasteiger partial charge in [-0.05, 0) is 6.92 Å². The molecule has 0 aliphatic heterocycles. The first-order chi connectivity index (χ1) is 5.41. The fourth-order valence-corrected chi connectivity index (χ4v) is 0.661. The Labute approximate surface area is 72.7 Å². The van der Waals surface area contributed by atoms with Crippen LogP contribution in [0.2, 0.25) is 0 Å². The lowest BCUT2D eigenvalue weighted by Gasteiger charge is -2.01. The highest BCUT2D eigenvalue weighted by atomic mass is 35.5. The van der Waals surface area contributed by atoms with Crippen molar-refractivity contribution in [3.05, 3.63) is 11.8 Å². The van der Waals surface area contributed by atoms with E-state index in [9.17, 15) is 8.78 Å². The van der Waals surface area contributed by atoms with Crippen molar-refractivity contribution in [2.24, 2.45) is 0 Å². The zero-order valence-electron chi connectivity index (χ0n) is 6.51. The zero-order valence-corrected chi connectivity index (χ0v) is 7.27. The molecule has 1 unspecified atom stereocenters. The van der Waals surface area contributed by atoms with E-state index in [1.54, 1.807) is 6.92 Å². The number of alkyl halides is 3. The van der Waals surface area contributed by atoms with Crippen LogP contribution < -0.4 is 0 Å². The summed E-state index contributed by atoms with van der Waals surface area (Å²) in [6.07, 6.45) is 0. The second kappa shape index (κ2) is 2.97. The predicted molar refractivity (Wildman–Crippen MR) is 38.1 cm³/mol. The molecule has 1 atom stereocenters. The van der Waals surface area contributed by atoms with E-state index in [1.165, 1.54) is 0 Å². The van der Waals surface area contributed by atoms with Crippen molar-refractivity contribution in [1.29, 1.82) is 0 Å². The fraction of sp³-hybridized carbons (Fsp3) is 0.667. The van der Waals surface area contributed by atoms with E-state index >= 15 is 0 Å². The molecule has 0 fully saturated rings. The Kier molecular flexibility index (Phi) is 2.32. The summed E-state index contributed by atoms with van der Waals surface area (Å²) in [4.78, 5) is 0. The van der Waals surface area contributed by atoms with Gasteiger partial charge in [-0.25, -0.2) is 0 Å². The number of hydrogen-bond acceptors (Lipinski definition) is 3. The van der Waals surface area contributed by atoms with Crippen LogP contribution in [-0.4, -0.2) is 10.2 Å². The molecule has 0 saturated carbocycles. The number of rotatable bonds is 2. The Morgan fingerprint density at radius 2 is 2.08 bits per heavy atom. The second-order valence-electron chi connectivity index (χ2n) is 2.45. The first-order valence-electron chi connectivity index (χ1n) is 3.27. The molecule has 1 heterocycles. The maximum atomic E-state index is 12.5. The van der Waals surface area contributed by atoms with Crippen LogP contribution in [0.15, 0.2) is 4.42 Å². The maximum absolute atomic E-state index is 12.5. The minimum atomic E-state index is -3.10. The molecule has 0 spiro atoms. The molecule has 1 aromatic rings. The quantitative estimate of drug-likeness (QED) is 0.682. The van der Waals surface area contributed by atoms with Crippen LogP contribution in [0.4, 0.5) is 8.78 Å². The van der Waals surface area contributed by atoms with Crippen LogP contribution in [0.25, 0.3) is 0 Å². The smallest absolute Gasteiger partial charge is 0.321 e. The summed E-state index contributed by atoms with van der Waals surface area (Å²) in [5.74, 6) is -3.80. The largest absolute Gasteiger partial charge is 0.418 e. The van der Waals surface area contributed by atoms with Crippen LogP contribution in [-0.2, 0) is 5.92 Å². The van der Waals surface area contributed by atoms with E-state index in [4.69, 9.17) is 11.6 Å². The van der Waals surface area contributed by atoms with Gasteiger partial charge in [0.1, 0.15) is 5.38 Å². The van der Waals surface area contributed by atoms with Crippen molar-refractivity contribution in [3.63, 3.8) is 0 Å². The van der Waals surface area contributed by atoms with Gasteiger partial charge in [-0.3, -0.25) is 0 Å². The van der Waals surface area contributed by atoms with E-state index in [1.807, 2.05) is 0 Å². The highest BCUT2D eigenvalue weighted by Crippen LogP contribution is 2.27. The summed E-state index contributed by atoms with van der Waals surface area (Å²) < 4.78 is 29.6. The molecule has 0 aliphatic carbocycles. The average molecular weight is 197 g/mol. The fourth-order valence-electron chi connectivity index (χ4n) is 0.573. The van der Waals surface area contributed by atoms with Crippen molar-refractivity contribution < 1.29 is 13.2 Å². The normalized spacial score (nSPS) is 14.8. The number of hydrogen-bond donors (Lipinski definition) is 0. The van der Waals surface area contributed by atoms with Gasteiger partial charge in [0.25, 0.3) is 5.89 Å². The van der Waals surface area contributed by atoms with Gasteiger partial charge in [0.05, 0.1) is 0 Å². The van der Waals surface area contributed by atoms with Crippen molar-refractivity contribution in [2.75, 3.05) is 0 Å². The minimum absolute atomic E-state index is 0.00758. The molecule has 0 aliphatic rings. The number of halogens is 3. The lowest BCUT2D eigenvalue weighted by Crippen LogP contribution is -2.06. The van der Waals surface area contributed by atoms with Crippen LogP contribution in [0.1, 0.15) is 31.0 Å². The molecule has 0 aromatic carbocycles. The molecule has 3 nitrogen and oxygen atoms in total. The summed E-state index contributed by atoms with van der Waals surface area (Å²) in [5.41, 5.74) is 0. The Bertz CT molecular complexity index is 269. The van der Waals surface area contributed by atoms with Gasteiger partial charge in [-0.15, -0.1) is 21.8 Å². The third-order valence-electron chi connectivity index (χ3n) is 1.16. The van der Waals surface area contributed by atoms with Crippen molar-refractivity contribution in [2.45, 2.75) is 25.1 Å². The van der Waals surface area contributed by atoms with E-state index < -0.39 is 17.2 Å². The molecule has 6 heteroatoms. The van der Waals surface area contributed by atoms with Gasteiger partial charge < -0.3 is 4.42 Å². The van der Waals surface area contributed by atoms with Gasteiger partial charge in [0, 0.05) is 6.92 Å². The zero-order chi connectivity index (χ0) is 9.35. The Morgan fingerprint density at radius 3 is 2.33 bits per heavy atom. The minimum Gasteiger partial charge on any atom is -0.418 e. The van der Waals surface area contributed by atoms with Crippen molar-refractivity contribution in [1.82, 2.24) is 10.2 Å². The SMILES string of the molecule is CC(Cl)c1nnc(C(C)(F)F)o1. The molecular weight excluding hydrogens is 190 g/mol. The van der Waals surface area contributed by atoms with E-state index in [2.05, 4.69) is 14.6 Å². The molecule has 68 valence electrons. The van der Waals surface area contributed by atoms with Crippen LogP contribution in [0.3, 0.4) is 0 Å². The third-order valence-corrected chi connectivity index (χ3v) is 1.34. The van der Waals surface area contributed by atoms with Crippen LogP contribution in [0.5, 0.6) is 0 Å². The lowest BCUT2D eigenvalue weighted by molar-refractivity contribution is -0.0119. The van der Waals surface area contributed by atoms with E-state index in [-0.39, 0.29) is 5.89 Å². The third kappa shape index (κ3) is 1.91.